The highest BCUT2D eigenvalue weighted by Crippen LogP contribution is 2.20. The number of aromatic nitrogens is 4. The molecule has 3 rings (SSSR count). The second-order valence-corrected chi connectivity index (χ2v) is 4.60. The molecule has 0 bridgehead atoms. The van der Waals surface area contributed by atoms with E-state index in [2.05, 4.69) is 15.2 Å². The topological polar surface area (TPSA) is 69.1 Å². The summed E-state index contributed by atoms with van der Waals surface area (Å²) in [6.45, 7) is 4.53. The Morgan fingerprint density at radius 1 is 1.11 bits per heavy atom. The maximum atomic E-state index is 5.61. The predicted octanol–water partition coefficient (Wildman–Crippen LogP) is 1.87. The summed E-state index contributed by atoms with van der Waals surface area (Å²) in [6, 6.07) is 10.1. The zero-order chi connectivity index (χ0) is 13.4. The van der Waals surface area contributed by atoms with Gasteiger partial charge >= 0.3 is 0 Å². The number of fused-ring (bicyclic) bond motifs is 1. The molecule has 5 heteroatoms. The molecule has 0 aliphatic heterocycles. The van der Waals surface area contributed by atoms with Gasteiger partial charge in [-0.05, 0) is 25.5 Å². The average Bonchev–Trinajstić information content (AvgIpc) is 2.83. The molecule has 1 aromatic carbocycles. The molecule has 0 amide bonds. The maximum absolute atomic E-state index is 5.61. The first-order chi connectivity index (χ1) is 9.19. The zero-order valence-corrected chi connectivity index (χ0v) is 11.0. The lowest BCUT2D eigenvalue weighted by Crippen LogP contribution is -1.99. The third-order valence-electron chi connectivity index (χ3n) is 3.14. The van der Waals surface area contributed by atoms with Crippen molar-refractivity contribution in [1.82, 2.24) is 19.6 Å². The van der Waals surface area contributed by atoms with Crippen LogP contribution in [0.2, 0.25) is 0 Å². The van der Waals surface area contributed by atoms with Crippen LogP contribution in [0.3, 0.4) is 0 Å². The fourth-order valence-electron chi connectivity index (χ4n) is 2.21. The number of nitrogens with zero attached hydrogens (tertiary/aromatic N) is 4. The normalized spacial score (nSPS) is 11.1. The van der Waals surface area contributed by atoms with Gasteiger partial charge in [0.1, 0.15) is 0 Å². The van der Waals surface area contributed by atoms with Gasteiger partial charge in [0.05, 0.1) is 0 Å². The Kier molecular flexibility index (Phi) is 2.76. The zero-order valence-electron chi connectivity index (χ0n) is 11.0. The molecule has 2 heterocycles. The molecule has 3 aromatic rings. The van der Waals surface area contributed by atoms with Crippen molar-refractivity contribution in [3.8, 4) is 11.4 Å². The molecular weight excluding hydrogens is 238 g/mol. The molecule has 0 radical (unpaired) electrons. The molecule has 0 spiro atoms. The highest BCUT2D eigenvalue weighted by Gasteiger charge is 2.11. The Balaban J connectivity index is 2.19. The van der Waals surface area contributed by atoms with Crippen LogP contribution in [0.1, 0.15) is 17.0 Å². The monoisotopic (exact) mass is 253 g/mol. The van der Waals surface area contributed by atoms with E-state index in [-0.39, 0.29) is 0 Å². The van der Waals surface area contributed by atoms with E-state index in [0.29, 0.717) is 12.3 Å². The van der Waals surface area contributed by atoms with Crippen molar-refractivity contribution in [3.63, 3.8) is 0 Å². The first-order valence-electron chi connectivity index (χ1n) is 6.18. The van der Waals surface area contributed by atoms with Gasteiger partial charge in [-0.1, -0.05) is 24.3 Å². The van der Waals surface area contributed by atoms with Gasteiger partial charge in [0.15, 0.2) is 5.82 Å². The maximum Gasteiger partial charge on any atom is 0.255 e. The average molecular weight is 253 g/mol. The lowest BCUT2D eigenvalue weighted by molar-refractivity contribution is 1.02. The minimum absolute atomic E-state index is 0.542. The third-order valence-corrected chi connectivity index (χ3v) is 3.14. The molecule has 2 N–H and O–H groups in total. The van der Waals surface area contributed by atoms with E-state index in [1.54, 1.807) is 0 Å². The van der Waals surface area contributed by atoms with Crippen LogP contribution < -0.4 is 5.73 Å². The van der Waals surface area contributed by atoms with Crippen molar-refractivity contribution in [2.75, 3.05) is 0 Å². The summed E-state index contributed by atoms with van der Waals surface area (Å²) in [6.07, 6.45) is 0. The SMILES string of the molecule is Cc1cc(C)n2c(-c3ccc(CN)cc3)nnc2n1. The Morgan fingerprint density at radius 3 is 2.53 bits per heavy atom. The lowest BCUT2D eigenvalue weighted by atomic mass is 10.1. The van der Waals surface area contributed by atoms with E-state index in [0.717, 1.165) is 28.3 Å². The van der Waals surface area contributed by atoms with E-state index >= 15 is 0 Å². The van der Waals surface area contributed by atoms with Gasteiger partial charge in [-0.15, -0.1) is 10.2 Å². The number of hydrogen-bond donors (Lipinski definition) is 1. The minimum atomic E-state index is 0.542. The van der Waals surface area contributed by atoms with Crippen LogP contribution in [0.5, 0.6) is 0 Å². The Bertz CT molecular complexity index is 727. The van der Waals surface area contributed by atoms with Crippen LogP contribution in [-0.2, 0) is 6.54 Å². The fourth-order valence-corrected chi connectivity index (χ4v) is 2.21. The molecular formula is C14H15N5. The summed E-state index contributed by atoms with van der Waals surface area (Å²) in [5.41, 5.74) is 9.74. The lowest BCUT2D eigenvalue weighted by Gasteiger charge is -2.05. The smallest absolute Gasteiger partial charge is 0.255 e. The summed E-state index contributed by atoms with van der Waals surface area (Å²) < 4.78 is 1.96. The molecule has 0 aliphatic rings. The summed E-state index contributed by atoms with van der Waals surface area (Å²) in [5, 5.41) is 8.38. The molecule has 96 valence electrons. The Labute approximate surface area is 111 Å². The van der Waals surface area contributed by atoms with Crippen LogP contribution in [-0.4, -0.2) is 19.6 Å². The molecule has 0 saturated heterocycles. The van der Waals surface area contributed by atoms with Crippen molar-refractivity contribution < 1.29 is 0 Å². The summed E-state index contributed by atoms with van der Waals surface area (Å²) in [5.74, 6) is 1.44. The van der Waals surface area contributed by atoms with E-state index in [1.165, 1.54) is 0 Å². The van der Waals surface area contributed by atoms with E-state index in [1.807, 2.05) is 48.6 Å². The molecule has 19 heavy (non-hydrogen) atoms. The largest absolute Gasteiger partial charge is 0.326 e. The van der Waals surface area contributed by atoms with Crippen molar-refractivity contribution in [1.29, 1.82) is 0 Å². The van der Waals surface area contributed by atoms with Crippen LogP contribution in [0, 0.1) is 13.8 Å². The fraction of sp³-hybridized carbons (Fsp3) is 0.214. The highest BCUT2D eigenvalue weighted by atomic mass is 15.3. The molecule has 5 nitrogen and oxygen atoms in total. The molecule has 0 atom stereocenters. The molecule has 2 aromatic heterocycles. The van der Waals surface area contributed by atoms with Crippen molar-refractivity contribution >= 4 is 5.78 Å². The first kappa shape index (κ1) is 11.8. The third kappa shape index (κ3) is 1.98. The number of aryl methyl sites for hydroxylation is 2. The molecule has 0 aliphatic carbocycles. The van der Waals surface area contributed by atoms with Crippen LogP contribution in [0.4, 0.5) is 0 Å². The van der Waals surface area contributed by atoms with E-state index in [9.17, 15) is 0 Å². The van der Waals surface area contributed by atoms with Crippen molar-refractivity contribution in [3.05, 3.63) is 47.3 Å². The van der Waals surface area contributed by atoms with Gasteiger partial charge in [-0.2, -0.15) is 0 Å². The summed E-state index contributed by atoms with van der Waals surface area (Å²) in [7, 11) is 0. The molecule has 0 saturated carbocycles. The first-order valence-corrected chi connectivity index (χ1v) is 6.18. The van der Waals surface area contributed by atoms with E-state index < -0.39 is 0 Å². The Hall–Kier alpha value is -2.27. The van der Waals surface area contributed by atoms with Gasteiger partial charge in [0, 0.05) is 23.5 Å². The number of hydrogen-bond acceptors (Lipinski definition) is 4. The number of rotatable bonds is 2. The van der Waals surface area contributed by atoms with Gasteiger partial charge in [0.25, 0.3) is 5.78 Å². The van der Waals surface area contributed by atoms with Crippen LogP contribution in [0.15, 0.2) is 30.3 Å². The van der Waals surface area contributed by atoms with E-state index in [4.69, 9.17) is 5.73 Å². The van der Waals surface area contributed by atoms with Gasteiger partial charge < -0.3 is 5.73 Å². The number of nitrogens with two attached hydrogens (primary N) is 1. The minimum Gasteiger partial charge on any atom is -0.326 e. The summed E-state index contributed by atoms with van der Waals surface area (Å²) in [4.78, 5) is 4.39. The molecule has 0 unspecified atom stereocenters. The Morgan fingerprint density at radius 2 is 1.84 bits per heavy atom. The summed E-state index contributed by atoms with van der Waals surface area (Å²) >= 11 is 0. The highest BCUT2D eigenvalue weighted by molar-refractivity contribution is 5.59. The second-order valence-electron chi connectivity index (χ2n) is 4.60. The quantitative estimate of drug-likeness (QED) is 0.757. The standard InChI is InChI=1S/C14H15N5/c1-9-7-10(2)19-13(17-18-14(19)16-9)12-5-3-11(8-15)4-6-12/h3-7H,8,15H2,1-2H3. The van der Waals surface area contributed by atoms with Gasteiger partial charge in [0.2, 0.25) is 0 Å². The second kappa shape index (κ2) is 4.44. The predicted molar refractivity (Wildman–Crippen MR) is 73.6 cm³/mol. The van der Waals surface area contributed by atoms with Gasteiger partial charge in [-0.25, -0.2) is 4.98 Å². The van der Waals surface area contributed by atoms with Crippen molar-refractivity contribution in [2.24, 2.45) is 5.73 Å². The molecule has 0 fully saturated rings. The van der Waals surface area contributed by atoms with Crippen LogP contribution >= 0.6 is 0 Å². The van der Waals surface area contributed by atoms with Crippen molar-refractivity contribution in [2.45, 2.75) is 20.4 Å². The van der Waals surface area contributed by atoms with Gasteiger partial charge in [-0.3, -0.25) is 4.40 Å². The van der Waals surface area contributed by atoms with Crippen LogP contribution in [0.25, 0.3) is 17.2 Å². The number of benzene rings is 1.